The molecule has 0 N–H and O–H groups in total. The van der Waals surface area contributed by atoms with Crippen LogP contribution < -0.4 is 19.7 Å². The van der Waals surface area contributed by atoms with Gasteiger partial charge < -0.3 is 9.47 Å². The number of likely N-dealkylation sites (N-methyl/N-ethyl adjacent to an activating group) is 1. The Kier molecular flexibility index (Phi) is 5.86. The number of carbonyl (C=O) groups is 1. The molecular weight excluding hydrogens is 495 g/mol. The average Bonchev–Trinajstić information content (AvgIpc) is 3.35. The van der Waals surface area contributed by atoms with Gasteiger partial charge >= 0.3 is 0 Å². The quantitative estimate of drug-likeness (QED) is 0.482. The molecule has 2 aliphatic heterocycles. The molecule has 0 unspecified atom stereocenters. The van der Waals surface area contributed by atoms with E-state index in [-0.39, 0.29) is 16.9 Å². The Hall–Kier alpha value is -2.94. The molecule has 5 nitrogen and oxygen atoms in total. The van der Waals surface area contributed by atoms with Crippen molar-refractivity contribution in [3.63, 3.8) is 0 Å². The van der Waals surface area contributed by atoms with Crippen LogP contribution in [-0.2, 0) is 17.3 Å². The van der Waals surface area contributed by atoms with E-state index in [0.717, 1.165) is 11.4 Å². The van der Waals surface area contributed by atoms with Gasteiger partial charge in [0.1, 0.15) is 13.9 Å². The molecule has 0 bridgehead atoms. The lowest BCUT2D eigenvalue weighted by Crippen LogP contribution is -2.30. The summed E-state index contributed by atoms with van der Waals surface area (Å²) in [6.07, 6.45) is 3.91. The monoisotopic (exact) mass is 519 g/mol. The summed E-state index contributed by atoms with van der Waals surface area (Å²) in [6, 6.07) is 17.0. The van der Waals surface area contributed by atoms with Crippen molar-refractivity contribution in [2.45, 2.75) is 19.3 Å². The number of amides is 1. The van der Waals surface area contributed by atoms with Gasteiger partial charge in [-0.05, 0) is 41.0 Å². The Morgan fingerprint density at radius 2 is 1.63 bits per heavy atom. The highest BCUT2D eigenvalue weighted by Gasteiger charge is 2.38. The zero-order valence-corrected chi connectivity index (χ0v) is 22.6. The number of thioether (sulfide) groups is 1. The van der Waals surface area contributed by atoms with Crippen LogP contribution in [0.1, 0.15) is 19.4 Å². The number of hydrogen-bond donors (Lipinski definition) is 0. The van der Waals surface area contributed by atoms with Crippen molar-refractivity contribution in [3.05, 3.63) is 85.4 Å². The fourth-order valence-corrected chi connectivity index (χ4v) is 7.04. The van der Waals surface area contributed by atoms with Crippen molar-refractivity contribution >= 4 is 62.2 Å². The van der Waals surface area contributed by atoms with Gasteiger partial charge in [0.05, 0.1) is 4.53 Å². The predicted octanol–water partition coefficient (Wildman–Crippen LogP) is 3.80. The smallest absolute Gasteiger partial charge is 0.268 e. The molecule has 2 aliphatic rings. The van der Waals surface area contributed by atoms with E-state index in [0.29, 0.717) is 18.4 Å². The van der Waals surface area contributed by atoms with Crippen molar-refractivity contribution in [1.29, 1.82) is 0 Å². The Morgan fingerprint density at radius 3 is 2.29 bits per heavy atom. The summed E-state index contributed by atoms with van der Waals surface area (Å²) in [7, 11) is 5.42. The number of hydrogen-bond acceptors (Lipinski definition) is 6. The van der Waals surface area contributed by atoms with Crippen LogP contribution in [0.15, 0.2) is 65.1 Å². The van der Waals surface area contributed by atoms with Gasteiger partial charge in [-0.15, -0.1) is 11.3 Å². The Morgan fingerprint density at radius 1 is 0.914 bits per heavy atom. The summed E-state index contributed by atoms with van der Waals surface area (Å²) in [4.78, 5) is 29.7. The second-order valence-corrected chi connectivity index (χ2v) is 11.9. The minimum Gasteiger partial charge on any atom is -0.347 e. The maximum Gasteiger partial charge on any atom is 0.268 e. The van der Waals surface area contributed by atoms with E-state index in [1.54, 1.807) is 18.7 Å². The number of carbonyl (C=O) groups excluding carboxylic acids is 1. The van der Waals surface area contributed by atoms with Gasteiger partial charge in [-0.1, -0.05) is 74.2 Å². The molecule has 0 aliphatic carbocycles. The molecule has 1 amide bonds. The Balaban J connectivity index is 1.59. The first kappa shape index (κ1) is 23.8. The molecule has 1 fully saturated rings. The molecule has 3 aromatic rings. The summed E-state index contributed by atoms with van der Waals surface area (Å²) in [5.41, 5.74) is 5.54. The zero-order chi connectivity index (χ0) is 25.1. The van der Waals surface area contributed by atoms with Gasteiger partial charge in [-0.2, -0.15) is 0 Å². The second kappa shape index (κ2) is 8.62. The lowest BCUT2D eigenvalue weighted by Gasteiger charge is -2.23. The van der Waals surface area contributed by atoms with Gasteiger partial charge in [0.2, 0.25) is 0 Å². The summed E-state index contributed by atoms with van der Waals surface area (Å²) in [5, 5.41) is 0. The molecule has 35 heavy (non-hydrogen) atoms. The number of benzene rings is 2. The van der Waals surface area contributed by atoms with Crippen LogP contribution in [0.25, 0.3) is 22.1 Å². The molecule has 1 saturated heterocycles. The molecule has 2 aromatic carbocycles. The van der Waals surface area contributed by atoms with E-state index >= 15 is 0 Å². The average molecular weight is 520 g/mol. The van der Waals surface area contributed by atoms with E-state index < -0.39 is 0 Å². The number of thiocarbonyl (C=S) groups is 1. The number of aromatic nitrogens is 1. The van der Waals surface area contributed by atoms with Crippen molar-refractivity contribution in [3.8, 4) is 11.1 Å². The number of anilines is 1. The molecule has 8 heteroatoms. The minimum atomic E-state index is -0.238. The van der Waals surface area contributed by atoms with E-state index in [9.17, 15) is 9.59 Å². The number of rotatable bonds is 2. The lowest BCUT2D eigenvalue weighted by molar-refractivity contribution is -0.119. The lowest BCUT2D eigenvalue weighted by atomic mass is 9.82. The van der Waals surface area contributed by atoms with Crippen molar-refractivity contribution in [2.24, 2.45) is 7.05 Å². The maximum absolute atomic E-state index is 13.0. The fraction of sp³-hybridized carbons (Fsp3) is 0.222. The minimum absolute atomic E-state index is 0.120. The van der Waals surface area contributed by atoms with E-state index in [4.69, 9.17) is 12.2 Å². The third kappa shape index (κ3) is 3.80. The first-order chi connectivity index (χ1) is 16.6. The SMILES string of the molecule is CN1C(=O)C(=c2sc(=CC=C3N(C)c4ccc(-c5ccccc5)cc4C3(C)C)c(=O)n2C)SC1=S. The van der Waals surface area contributed by atoms with Crippen LogP contribution in [0.5, 0.6) is 0 Å². The van der Waals surface area contributed by atoms with Crippen molar-refractivity contribution in [1.82, 2.24) is 9.47 Å². The molecule has 0 radical (unpaired) electrons. The topological polar surface area (TPSA) is 45.6 Å². The summed E-state index contributed by atoms with van der Waals surface area (Å²) in [5.74, 6) is -0.164. The van der Waals surface area contributed by atoms with Crippen LogP contribution in [0, 0.1) is 0 Å². The normalized spacial score (nSPS) is 20.4. The Labute approximate surface area is 217 Å². The van der Waals surface area contributed by atoms with E-state index in [1.807, 2.05) is 18.2 Å². The third-order valence-corrected chi connectivity index (χ3v) is 9.59. The largest absolute Gasteiger partial charge is 0.347 e. The van der Waals surface area contributed by atoms with Crippen molar-refractivity contribution in [2.75, 3.05) is 19.0 Å². The standard InChI is InChI=1S/C27H25N3O2S3/c1-27(2)18-15-17(16-9-7-6-8-10-16)11-12-19(18)28(3)21(27)14-13-20-23(31)29(4)25(34-20)22-24(32)30(5)26(33)35-22/h6-15H,1-5H3. The number of allylic oxidation sites excluding steroid dienone is 2. The first-order valence-electron chi connectivity index (χ1n) is 11.2. The second-order valence-electron chi connectivity index (χ2n) is 9.20. The van der Waals surface area contributed by atoms with E-state index in [2.05, 4.69) is 68.3 Å². The van der Waals surface area contributed by atoms with Gasteiger partial charge in [0.15, 0.2) is 0 Å². The van der Waals surface area contributed by atoms with Gasteiger partial charge in [0, 0.05) is 37.9 Å². The molecule has 1 aromatic heterocycles. The maximum atomic E-state index is 13.0. The van der Waals surface area contributed by atoms with Crippen LogP contribution in [-0.4, -0.2) is 33.8 Å². The van der Waals surface area contributed by atoms with Crippen LogP contribution in [0.2, 0.25) is 0 Å². The molecule has 0 atom stereocenters. The highest BCUT2D eigenvalue weighted by atomic mass is 32.2. The summed E-state index contributed by atoms with van der Waals surface area (Å²) >= 11 is 7.83. The van der Waals surface area contributed by atoms with Crippen LogP contribution in [0.4, 0.5) is 5.69 Å². The third-order valence-electron chi connectivity index (χ3n) is 6.72. The molecule has 3 heterocycles. The van der Waals surface area contributed by atoms with Gasteiger partial charge in [-0.3, -0.25) is 14.5 Å². The number of thiazole rings is 1. The fourth-order valence-electron chi connectivity index (χ4n) is 4.65. The van der Waals surface area contributed by atoms with Gasteiger partial charge in [-0.25, -0.2) is 0 Å². The summed E-state index contributed by atoms with van der Waals surface area (Å²) < 4.78 is 3.26. The highest BCUT2D eigenvalue weighted by molar-refractivity contribution is 8.30. The molecule has 0 saturated carbocycles. The molecule has 5 rings (SSSR count). The molecule has 0 spiro atoms. The highest BCUT2D eigenvalue weighted by Crippen LogP contribution is 2.48. The molecular formula is C27H25N3O2S3. The molecule has 178 valence electrons. The zero-order valence-electron chi connectivity index (χ0n) is 20.2. The van der Waals surface area contributed by atoms with E-state index in [1.165, 1.54) is 44.7 Å². The van der Waals surface area contributed by atoms with Gasteiger partial charge in [0.25, 0.3) is 11.5 Å². The van der Waals surface area contributed by atoms with Crippen LogP contribution in [0.3, 0.4) is 0 Å². The number of fused-ring (bicyclic) bond motifs is 1. The predicted molar refractivity (Wildman–Crippen MR) is 151 cm³/mol. The van der Waals surface area contributed by atoms with Crippen LogP contribution >= 0.6 is 35.3 Å². The van der Waals surface area contributed by atoms with Crippen molar-refractivity contribution < 1.29 is 4.79 Å². The summed E-state index contributed by atoms with van der Waals surface area (Å²) in [6.45, 7) is 4.42. The first-order valence-corrected chi connectivity index (χ1v) is 13.2. The Bertz CT molecular complexity index is 1600. The number of nitrogens with zero attached hydrogens (tertiary/aromatic N) is 3.